The van der Waals surface area contributed by atoms with E-state index in [0.717, 1.165) is 33.2 Å². The van der Waals surface area contributed by atoms with E-state index < -0.39 is 12.2 Å². The molecule has 0 radical (unpaired) electrons. The summed E-state index contributed by atoms with van der Waals surface area (Å²) >= 11 is 5.82. The predicted octanol–water partition coefficient (Wildman–Crippen LogP) is 6.43. The van der Waals surface area contributed by atoms with Crippen molar-refractivity contribution in [3.63, 3.8) is 0 Å². The number of hydrogen-bond donors (Lipinski definition) is 2. The van der Waals surface area contributed by atoms with Crippen molar-refractivity contribution in [1.82, 2.24) is 25.3 Å². The van der Waals surface area contributed by atoms with Gasteiger partial charge in [0.1, 0.15) is 11.5 Å². The van der Waals surface area contributed by atoms with Crippen LogP contribution in [-0.4, -0.2) is 102 Å². The van der Waals surface area contributed by atoms with Crippen molar-refractivity contribution in [2.45, 2.75) is 13.8 Å². The predicted molar refractivity (Wildman–Crippen MR) is 189 cm³/mol. The summed E-state index contributed by atoms with van der Waals surface area (Å²) in [5, 5.41) is 5.52. The highest BCUT2D eigenvalue weighted by molar-refractivity contribution is 6.30. The molecule has 0 unspecified atom stereocenters. The minimum atomic E-state index is -0.492. The van der Waals surface area contributed by atoms with E-state index in [4.69, 9.17) is 21.1 Å². The van der Waals surface area contributed by atoms with Crippen LogP contribution >= 0.6 is 11.6 Å². The molecular formula is C33H45ClN8O4. The molecule has 3 rings (SSSR count). The van der Waals surface area contributed by atoms with Gasteiger partial charge in [-0.25, -0.2) is 24.6 Å². The number of aryl methyl sites for hydroxylation is 2. The van der Waals surface area contributed by atoms with Crippen LogP contribution in [0, 0.1) is 13.8 Å². The van der Waals surface area contributed by atoms with Gasteiger partial charge in [0.15, 0.2) is 0 Å². The standard InChI is InChI=1S/C12H17N3O2.C11H15N3O2.C10H13ClN2/c1-9-7-10(17-12(16)13-2)5-6-11(9)14-8-15(3)4;1-12-11(15)16-10-6-4-5-9(7-10)13-8-14(2)3;1-8-6-9(11)4-5-10(8)12-7-13(2)3/h5-8H,1-4H3,(H,13,16);4-8H,1-3H3,(H,12,15);4-7H,1-3H3/b;13-8-;. The normalized spacial score (nSPS) is 10.4. The van der Waals surface area contributed by atoms with Crippen LogP contribution in [0.15, 0.2) is 75.6 Å². The van der Waals surface area contributed by atoms with Gasteiger partial charge in [0.25, 0.3) is 0 Å². The molecule has 0 heterocycles. The van der Waals surface area contributed by atoms with Gasteiger partial charge in [0.2, 0.25) is 0 Å². The SMILES string of the molecule is CNC(=O)Oc1ccc(N=CN(C)C)c(C)c1.CNC(=O)Oc1cccc(/N=C\N(C)C)c1.Cc1cc(Cl)ccc1N=CN(C)C. The molecule has 13 heteroatoms. The Morgan fingerprint density at radius 2 is 1.11 bits per heavy atom. The molecule has 0 aliphatic heterocycles. The fourth-order valence-electron chi connectivity index (χ4n) is 3.08. The van der Waals surface area contributed by atoms with Crippen LogP contribution in [0.25, 0.3) is 0 Å². The van der Waals surface area contributed by atoms with Gasteiger partial charge in [-0.1, -0.05) is 17.7 Å². The smallest absolute Gasteiger partial charge is 0.410 e. The quantitative estimate of drug-likeness (QED) is 0.212. The minimum absolute atomic E-state index is 0.466. The summed E-state index contributed by atoms with van der Waals surface area (Å²) in [6, 6.07) is 18.0. The summed E-state index contributed by atoms with van der Waals surface area (Å²) in [6.45, 7) is 3.91. The van der Waals surface area contributed by atoms with Gasteiger partial charge in [-0.3, -0.25) is 0 Å². The maximum atomic E-state index is 11.0. The molecule has 0 atom stereocenters. The average molecular weight is 653 g/mol. The number of rotatable bonds is 8. The lowest BCUT2D eigenvalue weighted by Crippen LogP contribution is -2.21. The third-order valence-electron chi connectivity index (χ3n) is 5.27. The highest BCUT2D eigenvalue weighted by Gasteiger charge is 2.04. The molecule has 0 saturated heterocycles. The van der Waals surface area contributed by atoms with Crippen LogP contribution in [0.5, 0.6) is 11.5 Å². The Bertz CT molecular complexity index is 1490. The number of benzene rings is 3. The Morgan fingerprint density at radius 1 is 0.652 bits per heavy atom. The molecule has 248 valence electrons. The fraction of sp³-hybridized carbons (Fsp3) is 0.303. The van der Waals surface area contributed by atoms with Crippen LogP contribution in [0.4, 0.5) is 26.7 Å². The van der Waals surface area contributed by atoms with Crippen molar-refractivity contribution in [1.29, 1.82) is 0 Å². The van der Waals surface area contributed by atoms with E-state index in [2.05, 4.69) is 25.6 Å². The lowest BCUT2D eigenvalue weighted by atomic mass is 10.2. The number of ether oxygens (including phenoxy) is 2. The molecule has 0 bridgehead atoms. The summed E-state index contributed by atoms with van der Waals surface area (Å²) in [5.41, 5.74) is 4.58. The zero-order chi connectivity index (χ0) is 34.6. The highest BCUT2D eigenvalue weighted by atomic mass is 35.5. The van der Waals surface area contributed by atoms with E-state index >= 15 is 0 Å². The molecule has 2 amide bonds. The second-order valence-electron chi connectivity index (χ2n) is 10.3. The van der Waals surface area contributed by atoms with Crippen molar-refractivity contribution in [2.24, 2.45) is 15.0 Å². The molecule has 0 saturated carbocycles. The third kappa shape index (κ3) is 16.7. The topological polar surface area (TPSA) is 123 Å². The van der Waals surface area contributed by atoms with E-state index in [1.165, 1.54) is 14.1 Å². The summed E-state index contributed by atoms with van der Waals surface area (Å²) < 4.78 is 9.99. The van der Waals surface area contributed by atoms with Gasteiger partial charge in [0, 0.05) is 67.5 Å². The molecule has 12 nitrogen and oxygen atoms in total. The Kier molecular flexibility index (Phi) is 17.6. The van der Waals surface area contributed by atoms with E-state index in [9.17, 15) is 9.59 Å². The second kappa shape index (κ2) is 20.8. The van der Waals surface area contributed by atoms with Gasteiger partial charge in [-0.2, -0.15) is 0 Å². The number of carbonyl (C=O) groups excluding carboxylic acids is 2. The number of hydrogen-bond acceptors (Lipinski definition) is 7. The number of amides is 2. The Labute approximate surface area is 277 Å². The number of halogens is 1. The van der Waals surface area contributed by atoms with Crippen LogP contribution in [0.3, 0.4) is 0 Å². The van der Waals surface area contributed by atoms with Gasteiger partial charge in [0.05, 0.1) is 36.1 Å². The van der Waals surface area contributed by atoms with Crippen LogP contribution in [-0.2, 0) is 0 Å². The first-order chi connectivity index (χ1) is 21.7. The van der Waals surface area contributed by atoms with Crippen LogP contribution < -0.4 is 20.1 Å². The monoisotopic (exact) mass is 652 g/mol. The van der Waals surface area contributed by atoms with Gasteiger partial charge >= 0.3 is 12.2 Å². The van der Waals surface area contributed by atoms with Crippen LogP contribution in [0.2, 0.25) is 5.02 Å². The number of aliphatic imine (C=N–C) groups is 3. The lowest BCUT2D eigenvalue weighted by Gasteiger charge is -2.07. The second-order valence-corrected chi connectivity index (χ2v) is 10.7. The molecule has 3 aromatic rings. The van der Waals surface area contributed by atoms with Gasteiger partial charge in [-0.05, 0) is 73.5 Å². The van der Waals surface area contributed by atoms with Gasteiger partial charge < -0.3 is 34.8 Å². The zero-order valence-electron chi connectivity index (χ0n) is 28.2. The van der Waals surface area contributed by atoms with Crippen molar-refractivity contribution in [3.8, 4) is 11.5 Å². The minimum Gasteiger partial charge on any atom is -0.410 e. The van der Waals surface area contributed by atoms with Crippen molar-refractivity contribution in [3.05, 3.63) is 76.8 Å². The Balaban J connectivity index is 0.000000348. The molecule has 0 aromatic heterocycles. The summed E-state index contributed by atoms with van der Waals surface area (Å²) in [6.07, 6.45) is 4.21. The molecule has 46 heavy (non-hydrogen) atoms. The molecule has 0 aliphatic carbocycles. The van der Waals surface area contributed by atoms with E-state index in [1.54, 1.807) is 49.3 Å². The first kappa shape index (κ1) is 38.9. The number of carbonyl (C=O) groups is 2. The average Bonchev–Trinajstić information content (AvgIpc) is 2.99. The fourth-order valence-corrected chi connectivity index (χ4v) is 3.31. The Hall–Kier alpha value is -5.10. The van der Waals surface area contributed by atoms with Crippen molar-refractivity contribution in [2.75, 3.05) is 56.4 Å². The van der Waals surface area contributed by atoms with E-state index in [1.807, 2.05) is 101 Å². The highest BCUT2D eigenvalue weighted by Crippen LogP contribution is 2.24. The zero-order valence-corrected chi connectivity index (χ0v) is 29.0. The molecule has 0 aliphatic rings. The number of nitrogens with one attached hydrogen (secondary N) is 2. The van der Waals surface area contributed by atoms with Gasteiger partial charge in [-0.15, -0.1) is 0 Å². The first-order valence-electron chi connectivity index (χ1n) is 14.1. The maximum Gasteiger partial charge on any atom is 0.412 e. The summed E-state index contributed by atoms with van der Waals surface area (Å²) in [7, 11) is 14.5. The Morgan fingerprint density at radius 3 is 1.57 bits per heavy atom. The lowest BCUT2D eigenvalue weighted by molar-refractivity contribution is 0.202. The molecule has 0 fully saturated rings. The van der Waals surface area contributed by atoms with E-state index in [0.29, 0.717) is 11.5 Å². The van der Waals surface area contributed by atoms with Crippen molar-refractivity contribution >= 4 is 59.9 Å². The van der Waals surface area contributed by atoms with Crippen LogP contribution in [0.1, 0.15) is 11.1 Å². The summed E-state index contributed by atoms with van der Waals surface area (Å²) in [5.74, 6) is 0.971. The molecule has 0 spiro atoms. The molecule has 3 aromatic carbocycles. The molecular weight excluding hydrogens is 608 g/mol. The van der Waals surface area contributed by atoms with E-state index in [-0.39, 0.29) is 0 Å². The van der Waals surface area contributed by atoms with Crippen molar-refractivity contribution < 1.29 is 19.1 Å². The number of nitrogens with zero attached hydrogens (tertiary/aromatic N) is 6. The maximum absolute atomic E-state index is 11.0. The molecule has 2 N–H and O–H groups in total. The first-order valence-corrected chi connectivity index (χ1v) is 14.5. The summed E-state index contributed by atoms with van der Waals surface area (Å²) in [4.78, 5) is 40.3. The largest absolute Gasteiger partial charge is 0.412 e. The third-order valence-corrected chi connectivity index (χ3v) is 5.50.